The van der Waals surface area contributed by atoms with Gasteiger partial charge in [0, 0.05) is 31.7 Å². The highest BCUT2D eigenvalue weighted by Crippen LogP contribution is 2.30. The van der Waals surface area contributed by atoms with Crippen molar-refractivity contribution in [1.82, 2.24) is 9.47 Å². The van der Waals surface area contributed by atoms with Crippen LogP contribution in [0.5, 0.6) is 0 Å². The van der Waals surface area contributed by atoms with Gasteiger partial charge in [-0.15, -0.1) is 0 Å². The lowest BCUT2D eigenvalue weighted by molar-refractivity contribution is 0.0825. The maximum Gasteiger partial charge on any atom is 0.258 e. The number of nitrogens with zero attached hydrogens (tertiary/aromatic N) is 2. The highest BCUT2D eigenvalue weighted by Gasteiger charge is 2.24. The van der Waals surface area contributed by atoms with Crippen LogP contribution in [0.25, 0.3) is 10.9 Å². The van der Waals surface area contributed by atoms with Gasteiger partial charge in [-0.3, -0.25) is 9.59 Å². The minimum Gasteiger partial charge on any atom is -0.345 e. The summed E-state index contributed by atoms with van der Waals surface area (Å²) < 4.78 is 15.7. The van der Waals surface area contributed by atoms with Crippen LogP contribution in [0, 0.1) is 5.82 Å². The third-order valence-corrected chi connectivity index (χ3v) is 4.11. The fraction of sp³-hybridized carbons (Fsp3) is 0.375. The number of carbonyl (C=O) groups excluding carboxylic acids is 1. The zero-order chi connectivity index (χ0) is 15.3. The SMILES string of the molecule is CC1CCc2cc(F)cc3c(=O)c(C(=O)N(C)C)cn1c23. The van der Waals surface area contributed by atoms with Gasteiger partial charge in [-0.05, 0) is 37.5 Å². The van der Waals surface area contributed by atoms with Crippen molar-refractivity contribution in [3.8, 4) is 0 Å². The molecule has 1 amide bonds. The summed E-state index contributed by atoms with van der Waals surface area (Å²) in [5.74, 6) is -0.778. The predicted molar refractivity (Wildman–Crippen MR) is 79.2 cm³/mol. The summed E-state index contributed by atoms with van der Waals surface area (Å²) in [5.41, 5.74) is 1.30. The fourth-order valence-electron chi connectivity index (χ4n) is 2.98. The number of halogens is 1. The topological polar surface area (TPSA) is 42.3 Å². The molecule has 5 heteroatoms. The van der Waals surface area contributed by atoms with Crippen molar-refractivity contribution < 1.29 is 9.18 Å². The van der Waals surface area contributed by atoms with Crippen LogP contribution in [-0.4, -0.2) is 29.5 Å². The monoisotopic (exact) mass is 288 g/mol. The van der Waals surface area contributed by atoms with E-state index in [0.717, 1.165) is 23.9 Å². The van der Waals surface area contributed by atoms with Gasteiger partial charge >= 0.3 is 0 Å². The largest absolute Gasteiger partial charge is 0.345 e. The maximum absolute atomic E-state index is 13.8. The van der Waals surface area contributed by atoms with Gasteiger partial charge in [-0.25, -0.2) is 4.39 Å². The minimum absolute atomic E-state index is 0.0952. The van der Waals surface area contributed by atoms with Gasteiger partial charge in [-0.1, -0.05) is 0 Å². The summed E-state index contributed by atoms with van der Waals surface area (Å²) in [7, 11) is 3.20. The molecule has 1 aliphatic heterocycles. The molecule has 2 heterocycles. The normalized spacial score (nSPS) is 17.0. The van der Waals surface area contributed by atoms with Gasteiger partial charge in [0.2, 0.25) is 5.43 Å². The lowest BCUT2D eigenvalue weighted by atomic mass is 9.96. The van der Waals surface area contributed by atoms with Crippen LogP contribution in [-0.2, 0) is 6.42 Å². The average molecular weight is 288 g/mol. The summed E-state index contributed by atoms with van der Waals surface area (Å²) in [6, 6.07) is 2.90. The van der Waals surface area contributed by atoms with Gasteiger partial charge in [-0.2, -0.15) is 0 Å². The molecular formula is C16H17FN2O2. The molecule has 2 aromatic rings. The molecule has 1 aliphatic rings. The Bertz CT molecular complexity index is 808. The number of aryl methyl sites for hydroxylation is 1. The lowest BCUT2D eigenvalue weighted by Crippen LogP contribution is -2.30. The molecule has 1 atom stereocenters. The number of carbonyl (C=O) groups is 1. The van der Waals surface area contributed by atoms with Crippen molar-refractivity contribution in [3.05, 3.63) is 45.5 Å². The molecule has 3 rings (SSSR count). The Morgan fingerprint density at radius 2 is 2.10 bits per heavy atom. The Kier molecular flexibility index (Phi) is 3.08. The van der Waals surface area contributed by atoms with Crippen molar-refractivity contribution in [1.29, 1.82) is 0 Å². The summed E-state index contributed by atoms with van der Waals surface area (Å²) in [4.78, 5) is 26.1. The number of hydrogen-bond acceptors (Lipinski definition) is 2. The lowest BCUT2D eigenvalue weighted by Gasteiger charge is -2.27. The first-order valence-corrected chi connectivity index (χ1v) is 6.99. The Hall–Kier alpha value is -2.17. The molecule has 0 aliphatic carbocycles. The van der Waals surface area contributed by atoms with Crippen molar-refractivity contribution in [2.24, 2.45) is 0 Å². The maximum atomic E-state index is 13.8. The zero-order valence-corrected chi connectivity index (χ0v) is 12.3. The molecule has 0 saturated carbocycles. The van der Waals surface area contributed by atoms with Crippen molar-refractivity contribution in [2.45, 2.75) is 25.8 Å². The first kappa shape index (κ1) is 13.8. The quantitative estimate of drug-likeness (QED) is 0.808. The number of benzene rings is 1. The van der Waals surface area contributed by atoms with Crippen LogP contribution >= 0.6 is 0 Å². The van der Waals surface area contributed by atoms with Gasteiger partial charge in [0.1, 0.15) is 11.4 Å². The predicted octanol–water partition coefficient (Wildman–Crippen LogP) is 2.35. The van der Waals surface area contributed by atoms with E-state index in [1.54, 1.807) is 20.3 Å². The van der Waals surface area contributed by atoms with E-state index in [9.17, 15) is 14.0 Å². The van der Waals surface area contributed by atoms with E-state index in [1.165, 1.54) is 17.0 Å². The van der Waals surface area contributed by atoms with E-state index < -0.39 is 11.2 Å². The third kappa shape index (κ3) is 2.04. The molecule has 1 unspecified atom stereocenters. The molecule has 0 fully saturated rings. The van der Waals surface area contributed by atoms with E-state index in [2.05, 4.69) is 0 Å². The average Bonchev–Trinajstić information content (AvgIpc) is 2.43. The molecule has 4 nitrogen and oxygen atoms in total. The number of amides is 1. The standard InChI is InChI=1S/C16H17FN2O2/c1-9-4-5-10-6-11(17)7-12-14(10)19(9)8-13(15(12)20)16(21)18(2)3/h6-9H,4-5H2,1-3H3. The molecular weight excluding hydrogens is 271 g/mol. The zero-order valence-electron chi connectivity index (χ0n) is 12.3. The number of pyridine rings is 1. The number of aromatic nitrogens is 1. The van der Waals surface area contributed by atoms with Crippen molar-refractivity contribution >= 4 is 16.8 Å². The molecule has 110 valence electrons. The number of rotatable bonds is 1. The highest BCUT2D eigenvalue weighted by molar-refractivity contribution is 5.97. The number of hydrogen-bond donors (Lipinski definition) is 0. The van der Waals surface area contributed by atoms with Gasteiger partial charge in [0.15, 0.2) is 0 Å². The highest BCUT2D eigenvalue weighted by atomic mass is 19.1. The summed E-state index contributed by atoms with van der Waals surface area (Å²) >= 11 is 0. The van der Waals surface area contributed by atoms with Crippen LogP contribution < -0.4 is 5.43 Å². The Labute approximate surface area is 121 Å². The first-order chi connectivity index (χ1) is 9.90. The Morgan fingerprint density at radius 1 is 1.38 bits per heavy atom. The minimum atomic E-state index is -0.426. The van der Waals surface area contributed by atoms with Crippen LogP contribution in [0.4, 0.5) is 4.39 Å². The van der Waals surface area contributed by atoms with Crippen LogP contribution in [0.3, 0.4) is 0 Å². The summed E-state index contributed by atoms with van der Waals surface area (Å²) in [6.07, 6.45) is 3.23. The van der Waals surface area contributed by atoms with E-state index in [-0.39, 0.29) is 17.5 Å². The van der Waals surface area contributed by atoms with Crippen molar-refractivity contribution in [2.75, 3.05) is 14.1 Å². The van der Waals surface area contributed by atoms with Crippen LogP contribution in [0.15, 0.2) is 23.1 Å². The Morgan fingerprint density at radius 3 is 2.76 bits per heavy atom. The molecule has 0 saturated heterocycles. The Balaban J connectivity index is 2.43. The first-order valence-electron chi connectivity index (χ1n) is 6.99. The van der Waals surface area contributed by atoms with Crippen LogP contribution in [0.1, 0.15) is 35.3 Å². The molecule has 0 spiro atoms. The van der Waals surface area contributed by atoms with E-state index in [1.807, 2.05) is 11.5 Å². The molecule has 1 aromatic heterocycles. The van der Waals surface area contributed by atoms with Gasteiger partial charge in [0.25, 0.3) is 5.91 Å². The van der Waals surface area contributed by atoms with E-state index in [0.29, 0.717) is 5.39 Å². The molecule has 21 heavy (non-hydrogen) atoms. The smallest absolute Gasteiger partial charge is 0.258 e. The van der Waals surface area contributed by atoms with Crippen molar-refractivity contribution in [3.63, 3.8) is 0 Å². The second kappa shape index (κ2) is 4.69. The molecule has 0 N–H and O–H groups in total. The summed E-state index contributed by atoms with van der Waals surface area (Å²) in [6.45, 7) is 2.04. The van der Waals surface area contributed by atoms with Crippen LogP contribution in [0.2, 0.25) is 0 Å². The van der Waals surface area contributed by atoms with E-state index in [4.69, 9.17) is 0 Å². The second-order valence-corrected chi connectivity index (χ2v) is 5.83. The molecule has 0 radical (unpaired) electrons. The third-order valence-electron chi connectivity index (χ3n) is 4.11. The van der Waals surface area contributed by atoms with E-state index >= 15 is 0 Å². The summed E-state index contributed by atoms with van der Waals surface area (Å²) in [5, 5.41) is 0.296. The van der Waals surface area contributed by atoms with Gasteiger partial charge < -0.3 is 9.47 Å². The van der Waals surface area contributed by atoms with Gasteiger partial charge in [0.05, 0.1) is 5.52 Å². The molecule has 1 aromatic carbocycles. The second-order valence-electron chi connectivity index (χ2n) is 5.83. The fourth-order valence-corrected chi connectivity index (χ4v) is 2.98. The molecule has 0 bridgehead atoms.